The predicted molar refractivity (Wildman–Crippen MR) is 92.5 cm³/mol. The summed E-state index contributed by atoms with van der Waals surface area (Å²) in [5.74, 6) is 0.254. The van der Waals surface area contributed by atoms with E-state index in [-0.39, 0.29) is 17.6 Å². The lowest BCUT2D eigenvalue weighted by molar-refractivity contribution is -0.119. The van der Waals surface area contributed by atoms with Gasteiger partial charge in [-0.15, -0.1) is 11.8 Å². The van der Waals surface area contributed by atoms with Crippen molar-refractivity contribution in [1.82, 2.24) is 9.47 Å². The standard InChI is InChI=1S/C17H18FN3O2S/c1-11-7-8-20(2)15(11)17(23)21-10-24-9-14(21)16(22)19-13-5-3-12(18)4-6-13/h3-8,14H,9-10H2,1-2H3,(H,19,22)/t14-/m0/s1. The van der Waals surface area contributed by atoms with Crippen molar-refractivity contribution in [1.29, 1.82) is 0 Å². The maximum Gasteiger partial charge on any atom is 0.272 e. The fourth-order valence-electron chi connectivity index (χ4n) is 2.73. The Morgan fingerprint density at radius 2 is 1.96 bits per heavy atom. The number of thioether (sulfide) groups is 1. The van der Waals surface area contributed by atoms with Gasteiger partial charge >= 0.3 is 0 Å². The van der Waals surface area contributed by atoms with Crippen LogP contribution in [0.25, 0.3) is 0 Å². The second-order valence-electron chi connectivity index (χ2n) is 5.75. The molecule has 2 heterocycles. The molecule has 24 heavy (non-hydrogen) atoms. The number of nitrogens with zero attached hydrogens (tertiary/aromatic N) is 2. The van der Waals surface area contributed by atoms with E-state index in [1.54, 1.807) is 21.2 Å². The number of amides is 2. The van der Waals surface area contributed by atoms with E-state index in [0.717, 1.165) is 5.56 Å². The molecular formula is C17H18FN3O2S. The molecule has 1 saturated heterocycles. The Labute approximate surface area is 143 Å². The number of halogens is 1. The van der Waals surface area contributed by atoms with Crippen LogP contribution in [0.3, 0.4) is 0 Å². The normalized spacial score (nSPS) is 17.1. The molecule has 1 fully saturated rings. The van der Waals surface area contributed by atoms with Crippen molar-refractivity contribution in [3.05, 3.63) is 53.6 Å². The number of benzene rings is 1. The van der Waals surface area contributed by atoms with Gasteiger partial charge in [0.2, 0.25) is 5.91 Å². The molecule has 0 unspecified atom stereocenters. The Hall–Kier alpha value is -2.28. The van der Waals surface area contributed by atoms with Gasteiger partial charge in [-0.2, -0.15) is 0 Å². The fourth-order valence-corrected chi connectivity index (χ4v) is 3.88. The van der Waals surface area contributed by atoms with Crippen molar-refractivity contribution < 1.29 is 14.0 Å². The Balaban J connectivity index is 1.76. The van der Waals surface area contributed by atoms with Crippen molar-refractivity contribution in [2.24, 2.45) is 7.05 Å². The van der Waals surface area contributed by atoms with Crippen LogP contribution in [-0.2, 0) is 11.8 Å². The van der Waals surface area contributed by atoms with Crippen LogP contribution in [0, 0.1) is 12.7 Å². The monoisotopic (exact) mass is 347 g/mol. The summed E-state index contributed by atoms with van der Waals surface area (Å²) in [6.07, 6.45) is 1.83. The molecule has 0 saturated carbocycles. The molecule has 3 rings (SSSR count). The molecule has 7 heteroatoms. The van der Waals surface area contributed by atoms with Crippen LogP contribution in [0.5, 0.6) is 0 Å². The zero-order valence-corrected chi connectivity index (χ0v) is 14.3. The topological polar surface area (TPSA) is 54.3 Å². The summed E-state index contributed by atoms with van der Waals surface area (Å²) >= 11 is 1.54. The van der Waals surface area contributed by atoms with Gasteiger partial charge in [-0.25, -0.2) is 4.39 Å². The number of anilines is 1. The number of rotatable bonds is 3. The van der Waals surface area contributed by atoms with Gasteiger partial charge in [-0.1, -0.05) is 0 Å². The Kier molecular flexibility index (Phi) is 4.62. The van der Waals surface area contributed by atoms with E-state index in [0.29, 0.717) is 23.0 Å². The predicted octanol–water partition coefficient (Wildman–Crippen LogP) is 2.63. The number of carbonyl (C=O) groups excluding carboxylic acids is 2. The van der Waals surface area contributed by atoms with Gasteiger partial charge in [0, 0.05) is 24.7 Å². The number of hydrogen-bond donors (Lipinski definition) is 1. The molecule has 0 radical (unpaired) electrons. The van der Waals surface area contributed by atoms with E-state index < -0.39 is 6.04 Å². The third-order valence-electron chi connectivity index (χ3n) is 4.03. The second-order valence-corrected chi connectivity index (χ2v) is 6.74. The molecule has 2 amide bonds. The van der Waals surface area contributed by atoms with E-state index in [1.807, 2.05) is 26.2 Å². The lowest BCUT2D eigenvalue weighted by atomic mass is 10.2. The Morgan fingerprint density at radius 3 is 2.58 bits per heavy atom. The number of carbonyl (C=O) groups is 2. The van der Waals surface area contributed by atoms with Gasteiger partial charge in [0.15, 0.2) is 0 Å². The molecular weight excluding hydrogens is 329 g/mol. The maximum atomic E-state index is 13.0. The van der Waals surface area contributed by atoms with Crippen LogP contribution < -0.4 is 5.32 Å². The molecule has 1 aromatic heterocycles. The van der Waals surface area contributed by atoms with E-state index in [2.05, 4.69) is 5.32 Å². The van der Waals surface area contributed by atoms with Gasteiger partial charge in [0.1, 0.15) is 17.6 Å². The maximum absolute atomic E-state index is 13.0. The Morgan fingerprint density at radius 1 is 1.25 bits per heavy atom. The second kappa shape index (κ2) is 6.68. The molecule has 1 atom stereocenters. The van der Waals surface area contributed by atoms with Gasteiger partial charge in [-0.3, -0.25) is 9.59 Å². The molecule has 2 aromatic rings. The van der Waals surface area contributed by atoms with E-state index in [9.17, 15) is 14.0 Å². The minimum absolute atomic E-state index is 0.149. The molecule has 126 valence electrons. The minimum Gasteiger partial charge on any atom is -0.346 e. The SMILES string of the molecule is Cc1ccn(C)c1C(=O)N1CSC[C@H]1C(=O)Nc1ccc(F)cc1. The molecule has 0 bridgehead atoms. The average Bonchev–Trinajstić information content (AvgIpc) is 3.16. The summed E-state index contributed by atoms with van der Waals surface area (Å²) in [7, 11) is 1.82. The third-order valence-corrected chi connectivity index (χ3v) is 5.05. The number of aryl methyl sites for hydroxylation is 2. The number of hydrogen-bond acceptors (Lipinski definition) is 3. The van der Waals surface area contributed by atoms with Crippen molar-refractivity contribution in [2.75, 3.05) is 16.9 Å². The van der Waals surface area contributed by atoms with Gasteiger partial charge in [0.25, 0.3) is 5.91 Å². The zero-order valence-electron chi connectivity index (χ0n) is 13.5. The summed E-state index contributed by atoms with van der Waals surface area (Å²) < 4.78 is 14.7. The molecule has 1 aromatic carbocycles. The largest absolute Gasteiger partial charge is 0.346 e. The number of aromatic nitrogens is 1. The Bertz CT molecular complexity index is 753. The number of nitrogens with one attached hydrogen (secondary N) is 1. The molecule has 0 spiro atoms. The lowest BCUT2D eigenvalue weighted by Crippen LogP contribution is -2.45. The van der Waals surface area contributed by atoms with Crippen LogP contribution in [0.1, 0.15) is 16.1 Å². The molecule has 1 N–H and O–H groups in total. The highest BCUT2D eigenvalue weighted by molar-refractivity contribution is 7.99. The summed E-state index contributed by atoms with van der Waals surface area (Å²) in [6, 6.07) is 6.92. The molecule has 1 aliphatic heterocycles. The van der Waals surface area contributed by atoms with Crippen molar-refractivity contribution >= 4 is 29.3 Å². The highest BCUT2D eigenvalue weighted by Gasteiger charge is 2.36. The van der Waals surface area contributed by atoms with Gasteiger partial charge < -0.3 is 14.8 Å². The molecule has 0 aliphatic carbocycles. The molecule has 1 aliphatic rings. The summed E-state index contributed by atoms with van der Waals surface area (Å²) in [5.41, 5.74) is 2.00. The third kappa shape index (κ3) is 3.17. The van der Waals surface area contributed by atoms with Crippen molar-refractivity contribution in [3.8, 4) is 0 Å². The highest BCUT2D eigenvalue weighted by atomic mass is 32.2. The van der Waals surface area contributed by atoms with E-state index >= 15 is 0 Å². The van der Waals surface area contributed by atoms with Gasteiger partial charge in [-0.05, 0) is 42.8 Å². The first kappa shape index (κ1) is 16.6. The lowest BCUT2D eigenvalue weighted by Gasteiger charge is -2.23. The van der Waals surface area contributed by atoms with Crippen LogP contribution in [0.4, 0.5) is 10.1 Å². The molecule has 5 nitrogen and oxygen atoms in total. The van der Waals surface area contributed by atoms with E-state index in [1.165, 1.54) is 24.3 Å². The van der Waals surface area contributed by atoms with Crippen molar-refractivity contribution in [2.45, 2.75) is 13.0 Å². The summed E-state index contributed by atoms with van der Waals surface area (Å²) in [4.78, 5) is 26.9. The van der Waals surface area contributed by atoms with Crippen LogP contribution >= 0.6 is 11.8 Å². The summed E-state index contributed by atoms with van der Waals surface area (Å²) in [6.45, 7) is 1.88. The van der Waals surface area contributed by atoms with Crippen LogP contribution in [-0.4, -0.2) is 39.0 Å². The summed E-state index contributed by atoms with van der Waals surface area (Å²) in [5, 5.41) is 2.75. The quantitative estimate of drug-likeness (QED) is 0.929. The fraction of sp³-hybridized carbons (Fsp3) is 0.294. The first-order chi connectivity index (χ1) is 11.5. The van der Waals surface area contributed by atoms with Crippen LogP contribution in [0.2, 0.25) is 0 Å². The van der Waals surface area contributed by atoms with Crippen molar-refractivity contribution in [3.63, 3.8) is 0 Å². The van der Waals surface area contributed by atoms with Gasteiger partial charge in [0.05, 0.1) is 5.88 Å². The smallest absolute Gasteiger partial charge is 0.272 e. The van der Waals surface area contributed by atoms with E-state index in [4.69, 9.17) is 0 Å². The first-order valence-corrected chi connectivity index (χ1v) is 8.70. The highest BCUT2D eigenvalue weighted by Crippen LogP contribution is 2.25. The average molecular weight is 347 g/mol. The van der Waals surface area contributed by atoms with Crippen LogP contribution in [0.15, 0.2) is 36.5 Å². The minimum atomic E-state index is -0.540. The zero-order chi connectivity index (χ0) is 17.3. The first-order valence-electron chi connectivity index (χ1n) is 7.54.